The number of carbonyl (C=O) groups excluding carboxylic acids is 1. The van der Waals surface area contributed by atoms with Gasteiger partial charge >= 0.3 is 0 Å². The van der Waals surface area contributed by atoms with E-state index in [9.17, 15) is 14.9 Å². The summed E-state index contributed by atoms with van der Waals surface area (Å²) in [4.78, 5) is 27.8. The molecule has 5 heteroatoms. The van der Waals surface area contributed by atoms with Crippen molar-refractivity contribution in [1.82, 2.24) is 4.90 Å². The number of benzene rings is 1. The molecule has 0 amide bonds. The van der Waals surface area contributed by atoms with E-state index in [2.05, 4.69) is 4.90 Å². The topological polar surface area (TPSA) is 63.5 Å². The molecule has 3 fully saturated rings. The zero-order valence-electron chi connectivity index (χ0n) is 14.8. The summed E-state index contributed by atoms with van der Waals surface area (Å²) in [5.41, 5.74) is -1.20. The van der Waals surface area contributed by atoms with Crippen LogP contribution in [0.4, 0.5) is 0 Å². The van der Waals surface area contributed by atoms with Crippen molar-refractivity contribution in [3.05, 3.63) is 46.0 Å². The minimum atomic E-state index is -1.52. The van der Waals surface area contributed by atoms with Crippen LogP contribution in [-0.4, -0.2) is 39.8 Å². The van der Waals surface area contributed by atoms with E-state index in [-0.39, 0.29) is 22.5 Å². The third-order valence-corrected chi connectivity index (χ3v) is 7.01. The Kier molecular flexibility index (Phi) is 3.95. The molecule has 0 radical (unpaired) electrons. The number of Topliss-reactive ketones (excluding diaryl/α,β-unsaturated/α-hetero) is 1. The van der Waals surface area contributed by atoms with Crippen LogP contribution in [0.25, 0.3) is 0 Å². The van der Waals surface area contributed by atoms with Crippen LogP contribution >= 0.6 is 0 Å². The minimum Gasteiger partial charge on any atom is -0.291 e. The summed E-state index contributed by atoms with van der Waals surface area (Å²) >= 11 is 0. The van der Waals surface area contributed by atoms with Gasteiger partial charge in [0.25, 0.3) is 5.54 Å². The average molecular weight is 342 g/mol. The van der Waals surface area contributed by atoms with Gasteiger partial charge in [0, 0.05) is 11.8 Å². The third-order valence-electron chi connectivity index (χ3n) is 7.01. The first-order valence-electron chi connectivity index (χ1n) is 9.52. The number of piperidine rings is 1. The number of rotatable bonds is 3. The normalized spacial score (nSPS) is 38.7. The van der Waals surface area contributed by atoms with E-state index in [1.807, 2.05) is 30.3 Å². The van der Waals surface area contributed by atoms with Crippen molar-refractivity contribution in [1.29, 1.82) is 0 Å². The van der Waals surface area contributed by atoms with E-state index in [4.69, 9.17) is 0 Å². The highest BCUT2D eigenvalue weighted by Gasteiger charge is 2.75. The summed E-state index contributed by atoms with van der Waals surface area (Å²) in [6.07, 6.45) is 6.05. The lowest BCUT2D eigenvalue weighted by Gasteiger charge is -2.42. The van der Waals surface area contributed by atoms with E-state index >= 15 is 0 Å². The number of hydrogen-bond donors (Lipinski definition) is 0. The van der Waals surface area contributed by atoms with Crippen molar-refractivity contribution in [3.8, 4) is 0 Å². The van der Waals surface area contributed by atoms with Crippen molar-refractivity contribution in [3.63, 3.8) is 0 Å². The van der Waals surface area contributed by atoms with Crippen LogP contribution in [0.2, 0.25) is 0 Å². The van der Waals surface area contributed by atoms with Crippen molar-refractivity contribution < 1.29 is 9.72 Å². The summed E-state index contributed by atoms with van der Waals surface area (Å²) in [5, 5.41) is 12.1. The Hall–Kier alpha value is -1.75. The number of hydrogen-bond acceptors (Lipinski definition) is 4. The summed E-state index contributed by atoms with van der Waals surface area (Å²) in [6, 6.07) is 9.71. The van der Waals surface area contributed by atoms with Crippen LogP contribution in [0.5, 0.6) is 0 Å². The molecule has 1 saturated heterocycles. The molecule has 4 atom stereocenters. The lowest BCUT2D eigenvalue weighted by Crippen LogP contribution is -2.59. The molecule has 134 valence electrons. The average Bonchev–Trinajstić information content (AvgIpc) is 3.14. The second kappa shape index (κ2) is 5.90. The smallest absolute Gasteiger partial charge is 0.285 e. The fraction of sp³-hybridized carbons (Fsp3) is 0.650. The summed E-state index contributed by atoms with van der Waals surface area (Å²) in [5.74, 6) is -0.417. The lowest BCUT2D eigenvalue weighted by atomic mass is 9.77. The Balaban J connectivity index is 1.86. The van der Waals surface area contributed by atoms with Gasteiger partial charge in [-0.25, -0.2) is 0 Å². The van der Waals surface area contributed by atoms with Crippen LogP contribution < -0.4 is 0 Å². The maximum atomic E-state index is 13.7. The maximum absolute atomic E-state index is 13.7. The highest BCUT2D eigenvalue weighted by atomic mass is 16.6. The predicted molar refractivity (Wildman–Crippen MR) is 95.1 cm³/mol. The molecule has 1 aromatic rings. The van der Waals surface area contributed by atoms with Gasteiger partial charge in [0.05, 0.1) is 11.5 Å². The number of nitrogens with zero attached hydrogens (tertiary/aromatic N) is 2. The van der Waals surface area contributed by atoms with Gasteiger partial charge in [0.15, 0.2) is 0 Å². The highest BCUT2D eigenvalue weighted by molar-refractivity contribution is 6.00. The SMILES string of the molecule is C[C@@]1([N+](=O)[O-])C(=O)[C@@]2(N3CCCCC3)CCC[C@H]2[C@@H]1c1ccccc1. The molecule has 0 aromatic heterocycles. The van der Waals surface area contributed by atoms with Crippen LogP contribution in [0.3, 0.4) is 0 Å². The fourth-order valence-corrected chi connectivity index (χ4v) is 5.95. The standard InChI is InChI=1S/C20H26N2O3/c1-19(22(24)25)17(15-9-4-2-5-10-15)16-11-8-12-20(16,18(19)23)21-13-6-3-7-14-21/h2,4-5,9-10,16-17H,3,6-8,11-14H2,1H3/t16-,17-,19-,20+/m0/s1. The molecule has 0 bridgehead atoms. The lowest BCUT2D eigenvalue weighted by molar-refractivity contribution is -0.550. The molecule has 5 nitrogen and oxygen atoms in total. The Morgan fingerprint density at radius 3 is 2.44 bits per heavy atom. The van der Waals surface area contributed by atoms with E-state index < -0.39 is 11.1 Å². The van der Waals surface area contributed by atoms with Gasteiger partial charge < -0.3 is 0 Å². The molecule has 0 unspecified atom stereocenters. The summed E-state index contributed by atoms with van der Waals surface area (Å²) in [7, 11) is 0. The van der Waals surface area contributed by atoms with Crippen LogP contribution in [-0.2, 0) is 4.79 Å². The summed E-state index contributed by atoms with van der Waals surface area (Å²) in [6.45, 7) is 3.38. The van der Waals surface area contributed by atoms with Gasteiger partial charge in [-0.3, -0.25) is 19.8 Å². The zero-order chi connectivity index (χ0) is 17.7. The van der Waals surface area contributed by atoms with Gasteiger partial charge in [-0.05, 0) is 50.3 Å². The first-order valence-corrected chi connectivity index (χ1v) is 9.52. The predicted octanol–water partition coefficient (Wildman–Crippen LogP) is 3.41. The van der Waals surface area contributed by atoms with E-state index in [1.165, 1.54) is 6.42 Å². The minimum absolute atomic E-state index is 0.0518. The number of likely N-dealkylation sites (tertiary alicyclic amines) is 1. The fourth-order valence-electron chi connectivity index (χ4n) is 5.95. The van der Waals surface area contributed by atoms with Crippen molar-refractivity contribution in [2.75, 3.05) is 13.1 Å². The molecule has 4 rings (SSSR count). The van der Waals surface area contributed by atoms with Crippen LogP contribution in [0.1, 0.15) is 56.9 Å². The zero-order valence-corrected chi connectivity index (χ0v) is 14.8. The van der Waals surface area contributed by atoms with Gasteiger partial charge in [0.2, 0.25) is 5.78 Å². The Bertz CT molecular complexity index is 685. The number of carbonyl (C=O) groups is 1. The quantitative estimate of drug-likeness (QED) is 0.624. The van der Waals surface area contributed by atoms with Crippen LogP contribution in [0.15, 0.2) is 30.3 Å². The molecule has 2 saturated carbocycles. The molecular formula is C20H26N2O3. The van der Waals surface area contributed by atoms with Gasteiger partial charge in [-0.1, -0.05) is 43.2 Å². The van der Waals surface area contributed by atoms with Gasteiger partial charge in [-0.2, -0.15) is 0 Å². The Labute approximate surface area is 148 Å². The van der Waals surface area contributed by atoms with Crippen molar-refractivity contribution in [2.24, 2.45) is 5.92 Å². The molecule has 1 aromatic carbocycles. The second-order valence-electron chi connectivity index (χ2n) is 8.09. The monoisotopic (exact) mass is 342 g/mol. The third kappa shape index (κ3) is 2.14. The first-order chi connectivity index (χ1) is 12.0. The first kappa shape index (κ1) is 16.7. The number of ketones is 1. The highest BCUT2D eigenvalue weighted by Crippen LogP contribution is 2.60. The van der Waals surface area contributed by atoms with Gasteiger partial charge in [0.1, 0.15) is 0 Å². The summed E-state index contributed by atoms with van der Waals surface area (Å²) < 4.78 is 0. The van der Waals surface area contributed by atoms with E-state index in [0.29, 0.717) is 0 Å². The molecule has 0 spiro atoms. The van der Waals surface area contributed by atoms with E-state index in [1.54, 1.807) is 6.92 Å². The molecule has 25 heavy (non-hydrogen) atoms. The largest absolute Gasteiger partial charge is 0.291 e. The second-order valence-corrected chi connectivity index (χ2v) is 8.09. The van der Waals surface area contributed by atoms with E-state index in [0.717, 1.165) is 50.8 Å². The molecule has 2 aliphatic carbocycles. The number of nitro groups is 1. The Morgan fingerprint density at radius 2 is 1.80 bits per heavy atom. The molecule has 1 heterocycles. The van der Waals surface area contributed by atoms with Gasteiger partial charge in [-0.15, -0.1) is 0 Å². The number of fused-ring (bicyclic) bond motifs is 1. The molecular weight excluding hydrogens is 316 g/mol. The van der Waals surface area contributed by atoms with Crippen LogP contribution in [0, 0.1) is 16.0 Å². The van der Waals surface area contributed by atoms with Crippen molar-refractivity contribution in [2.45, 2.75) is 62.4 Å². The maximum Gasteiger partial charge on any atom is 0.285 e. The molecule has 0 N–H and O–H groups in total. The molecule has 3 aliphatic rings. The van der Waals surface area contributed by atoms with Crippen molar-refractivity contribution >= 4 is 5.78 Å². The Morgan fingerprint density at radius 1 is 1.12 bits per heavy atom. The molecule has 1 aliphatic heterocycles.